The molecule has 27 heavy (non-hydrogen) atoms. The standard InChI is InChI=1S/C24H29NO2/c1-4-6-14-24(15-7-5-2)21-11-9-8-10-19(21)20-13-12-18(16-22(20)24)23(26)17(3)25-27/h8-13,16,27H,4-7,14-15H2,1-3H3/b25-17-. The van der Waals surface area contributed by atoms with Crippen molar-refractivity contribution in [3.8, 4) is 11.1 Å². The van der Waals surface area contributed by atoms with Crippen molar-refractivity contribution in [2.24, 2.45) is 5.16 Å². The third-order valence-electron chi connectivity index (χ3n) is 5.92. The molecule has 0 saturated heterocycles. The number of unbranched alkanes of at least 4 members (excludes halogenated alkanes) is 2. The summed E-state index contributed by atoms with van der Waals surface area (Å²) in [6, 6.07) is 14.7. The van der Waals surface area contributed by atoms with Crippen molar-refractivity contribution in [3.05, 3.63) is 59.2 Å². The Kier molecular flexibility index (Phi) is 5.79. The van der Waals surface area contributed by atoms with Gasteiger partial charge in [-0.25, -0.2) is 0 Å². The number of carbonyl (C=O) groups is 1. The van der Waals surface area contributed by atoms with Gasteiger partial charge in [-0.1, -0.05) is 81.1 Å². The molecule has 0 aromatic heterocycles. The van der Waals surface area contributed by atoms with E-state index in [1.807, 2.05) is 6.07 Å². The van der Waals surface area contributed by atoms with Gasteiger partial charge in [-0.3, -0.25) is 4.79 Å². The summed E-state index contributed by atoms with van der Waals surface area (Å²) in [7, 11) is 0. The number of rotatable bonds is 8. The molecular weight excluding hydrogens is 334 g/mol. The molecule has 0 aliphatic heterocycles. The highest BCUT2D eigenvalue weighted by Gasteiger charge is 2.42. The molecule has 0 radical (unpaired) electrons. The van der Waals surface area contributed by atoms with Crippen LogP contribution in [0.25, 0.3) is 11.1 Å². The van der Waals surface area contributed by atoms with E-state index in [9.17, 15) is 4.79 Å². The van der Waals surface area contributed by atoms with Gasteiger partial charge in [0.2, 0.25) is 5.78 Å². The number of carbonyl (C=O) groups excluding carboxylic acids is 1. The van der Waals surface area contributed by atoms with Crippen LogP contribution in [0.4, 0.5) is 0 Å². The quantitative estimate of drug-likeness (QED) is 0.256. The van der Waals surface area contributed by atoms with E-state index < -0.39 is 0 Å². The van der Waals surface area contributed by atoms with Crippen LogP contribution in [0.1, 0.15) is 80.8 Å². The van der Waals surface area contributed by atoms with Gasteiger partial charge < -0.3 is 5.21 Å². The molecule has 0 unspecified atom stereocenters. The van der Waals surface area contributed by atoms with Crippen molar-refractivity contribution in [1.82, 2.24) is 0 Å². The lowest BCUT2D eigenvalue weighted by Gasteiger charge is -2.32. The molecule has 0 bridgehead atoms. The number of nitrogens with zero attached hydrogens (tertiary/aromatic N) is 1. The SMILES string of the molecule is CCCCC1(CCCC)c2ccccc2-c2ccc(C(=O)/C(C)=N\O)cc21. The fourth-order valence-corrected chi connectivity index (χ4v) is 4.47. The van der Waals surface area contributed by atoms with Crippen molar-refractivity contribution in [2.45, 2.75) is 64.7 Å². The zero-order valence-corrected chi connectivity index (χ0v) is 16.6. The highest BCUT2D eigenvalue weighted by atomic mass is 16.4. The molecule has 0 spiro atoms. The summed E-state index contributed by atoms with van der Waals surface area (Å²) < 4.78 is 0. The molecule has 0 amide bonds. The Morgan fingerprint density at radius 2 is 1.59 bits per heavy atom. The Bertz CT molecular complexity index is 858. The minimum Gasteiger partial charge on any atom is -0.411 e. The Morgan fingerprint density at radius 3 is 2.22 bits per heavy atom. The third-order valence-corrected chi connectivity index (χ3v) is 5.92. The number of oxime groups is 1. The van der Waals surface area contributed by atoms with E-state index in [-0.39, 0.29) is 16.9 Å². The van der Waals surface area contributed by atoms with Gasteiger partial charge in [0.05, 0.1) is 0 Å². The first-order chi connectivity index (χ1) is 13.1. The zero-order valence-electron chi connectivity index (χ0n) is 16.6. The molecule has 1 aliphatic carbocycles. The normalized spacial score (nSPS) is 14.7. The number of Topliss-reactive ketones (excluding diaryl/α,β-unsaturated/α-hetero) is 1. The molecule has 2 aromatic carbocycles. The van der Waals surface area contributed by atoms with Gasteiger partial charge in [-0.05, 0) is 48.1 Å². The molecule has 0 heterocycles. The predicted molar refractivity (Wildman–Crippen MR) is 111 cm³/mol. The average molecular weight is 364 g/mol. The molecular formula is C24H29NO2. The molecule has 0 fully saturated rings. The number of hydrogen-bond donors (Lipinski definition) is 1. The molecule has 2 aromatic rings. The monoisotopic (exact) mass is 363 g/mol. The minimum atomic E-state index is -0.212. The Morgan fingerprint density at radius 1 is 0.963 bits per heavy atom. The topological polar surface area (TPSA) is 49.7 Å². The lowest BCUT2D eigenvalue weighted by atomic mass is 9.70. The second kappa shape index (κ2) is 8.08. The average Bonchev–Trinajstić information content (AvgIpc) is 2.99. The minimum absolute atomic E-state index is 0.0293. The molecule has 1 aliphatic rings. The summed E-state index contributed by atoms with van der Waals surface area (Å²) in [6.07, 6.45) is 6.82. The predicted octanol–water partition coefficient (Wildman–Crippen LogP) is 6.37. The molecule has 1 N–H and O–H groups in total. The van der Waals surface area contributed by atoms with E-state index >= 15 is 0 Å². The summed E-state index contributed by atoms with van der Waals surface area (Å²) in [5, 5.41) is 12.1. The fraction of sp³-hybridized carbons (Fsp3) is 0.417. The first kappa shape index (κ1) is 19.3. The van der Waals surface area contributed by atoms with Crippen molar-refractivity contribution in [1.29, 1.82) is 0 Å². The van der Waals surface area contributed by atoms with E-state index in [0.29, 0.717) is 5.56 Å². The second-order valence-electron chi connectivity index (χ2n) is 7.61. The maximum atomic E-state index is 12.6. The number of ketones is 1. The van der Waals surface area contributed by atoms with Crippen molar-refractivity contribution in [2.75, 3.05) is 0 Å². The summed E-state index contributed by atoms with van der Waals surface area (Å²) in [4.78, 5) is 12.6. The smallest absolute Gasteiger partial charge is 0.210 e. The molecule has 0 saturated carbocycles. The third kappa shape index (κ3) is 3.31. The lowest BCUT2D eigenvalue weighted by Crippen LogP contribution is -2.26. The van der Waals surface area contributed by atoms with Crippen LogP contribution >= 0.6 is 0 Å². The van der Waals surface area contributed by atoms with Gasteiger partial charge in [-0.2, -0.15) is 0 Å². The van der Waals surface area contributed by atoms with Gasteiger partial charge in [0.25, 0.3) is 0 Å². The molecule has 0 atom stereocenters. The van der Waals surface area contributed by atoms with Crippen molar-refractivity contribution < 1.29 is 10.0 Å². The van der Waals surface area contributed by atoms with E-state index in [0.717, 1.165) is 38.5 Å². The first-order valence-corrected chi connectivity index (χ1v) is 10.1. The maximum absolute atomic E-state index is 12.6. The summed E-state index contributed by atoms with van der Waals surface area (Å²) >= 11 is 0. The van der Waals surface area contributed by atoms with Crippen molar-refractivity contribution in [3.63, 3.8) is 0 Å². The fourth-order valence-electron chi connectivity index (χ4n) is 4.47. The van der Waals surface area contributed by atoms with E-state index in [1.165, 1.54) is 22.3 Å². The highest BCUT2D eigenvalue weighted by Crippen LogP contribution is 2.54. The molecule has 3 nitrogen and oxygen atoms in total. The Balaban J connectivity index is 2.20. The zero-order chi connectivity index (χ0) is 19.4. The Hall–Kier alpha value is -2.42. The number of fused-ring (bicyclic) bond motifs is 3. The van der Waals surface area contributed by atoms with Gasteiger partial charge in [0.15, 0.2) is 0 Å². The van der Waals surface area contributed by atoms with Crippen LogP contribution in [0.15, 0.2) is 47.6 Å². The van der Waals surface area contributed by atoms with Crippen LogP contribution in [0.3, 0.4) is 0 Å². The molecule has 142 valence electrons. The molecule has 3 rings (SSSR count). The van der Waals surface area contributed by atoms with Gasteiger partial charge in [0, 0.05) is 11.0 Å². The van der Waals surface area contributed by atoms with Crippen LogP contribution in [-0.4, -0.2) is 16.7 Å². The lowest BCUT2D eigenvalue weighted by molar-refractivity contribution is 0.106. The van der Waals surface area contributed by atoms with Crippen LogP contribution in [0, 0.1) is 0 Å². The van der Waals surface area contributed by atoms with Gasteiger partial charge in [-0.15, -0.1) is 0 Å². The van der Waals surface area contributed by atoms with Crippen LogP contribution < -0.4 is 0 Å². The van der Waals surface area contributed by atoms with E-state index in [4.69, 9.17) is 5.21 Å². The summed E-state index contributed by atoms with van der Waals surface area (Å²) in [5.74, 6) is -0.212. The summed E-state index contributed by atoms with van der Waals surface area (Å²) in [5.41, 5.74) is 5.91. The summed E-state index contributed by atoms with van der Waals surface area (Å²) in [6.45, 7) is 6.01. The maximum Gasteiger partial charge on any atom is 0.210 e. The number of benzene rings is 2. The van der Waals surface area contributed by atoms with Crippen LogP contribution in [0.2, 0.25) is 0 Å². The largest absolute Gasteiger partial charge is 0.411 e. The van der Waals surface area contributed by atoms with Crippen LogP contribution in [-0.2, 0) is 5.41 Å². The number of hydrogen-bond acceptors (Lipinski definition) is 3. The van der Waals surface area contributed by atoms with Crippen LogP contribution in [0.5, 0.6) is 0 Å². The van der Waals surface area contributed by atoms with Gasteiger partial charge in [0.1, 0.15) is 5.71 Å². The molecule has 3 heteroatoms. The first-order valence-electron chi connectivity index (χ1n) is 10.1. The second-order valence-corrected chi connectivity index (χ2v) is 7.61. The highest BCUT2D eigenvalue weighted by molar-refractivity contribution is 6.45. The van der Waals surface area contributed by atoms with E-state index in [2.05, 4.69) is 55.4 Å². The van der Waals surface area contributed by atoms with E-state index in [1.54, 1.807) is 6.92 Å². The van der Waals surface area contributed by atoms with Crippen molar-refractivity contribution >= 4 is 11.5 Å². The van der Waals surface area contributed by atoms with Gasteiger partial charge >= 0.3 is 0 Å². The Labute approximate surface area is 162 Å².